The molecule has 14 heteroatoms. The van der Waals surface area contributed by atoms with Crippen LogP contribution in [0.5, 0.6) is 0 Å². The van der Waals surface area contributed by atoms with Crippen LogP contribution < -0.4 is 10.6 Å². The maximum absolute atomic E-state index is 13.4. The van der Waals surface area contributed by atoms with E-state index in [1.54, 1.807) is 16.0 Å². The number of hydrogen-bond donors (Lipinski definition) is 5. The van der Waals surface area contributed by atoms with Gasteiger partial charge in [-0.15, -0.1) is 0 Å². The predicted molar refractivity (Wildman–Crippen MR) is 193 cm³/mol. The molecule has 3 aromatic rings. The Morgan fingerprint density at radius 3 is 1.59 bits per heavy atom. The molecule has 4 atom stereocenters. The fraction of sp³-hybridized carbons (Fsp3) is 0.459. The molecule has 0 bridgehead atoms. The van der Waals surface area contributed by atoms with Gasteiger partial charge in [-0.1, -0.05) is 64.1 Å². The van der Waals surface area contributed by atoms with Gasteiger partial charge in [-0.25, -0.2) is 19.6 Å². The van der Waals surface area contributed by atoms with Crippen molar-refractivity contribution in [2.75, 3.05) is 20.2 Å². The summed E-state index contributed by atoms with van der Waals surface area (Å²) in [5.74, 6) is 0.735. The number of carbonyl (C=O) groups is 4. The third kappa shape index (κ3) is 9.04. The number of benzene rings is 1. The Labute approximate surface area is 297 Å². The van der Waals surface area contributed by atoms with Crippen molar-refractivity contribution in [2.45, 2.75) is 77.5 Å². The number of nitrogens with zero attached hydrogens (tertiary/aromatic N) is 4. The Morgan fingerprint density at radius 2 is 1.20 bits per heavy atom. The van der Waals surface area contributed by atoms with Crippen molar-refractivity contribution in [3.05, 3.63) is 70.8 Å². The summed E-state index contributed by atoms with van der Waals surface area (Å²) in [6.45, 7) is 8.58. The predicted octanol–water partition coefficient (Wildman–Crippen LogP) is 5.47. The lowest BCUT2D eigenvalue weighted by atomic mass is 10.0. The molecule has 1 aromatic carbocycles. The standard InChI is InChI=1S/C37H48N8O6/c1-22(2)30(42-36(48)49)34(46)44-18-6-8-28(44)32-38-20-26(40-32)16-14-24-10-12-25(13-11-24)15-17-27-21-39-33(41-27)29-9-7-19-45(29)35(47)31(23(3)4)43-37(50)51-5/h10-17,20-23,28-31,42H,6-9,18-19H2,1-5H3,(H,38,40)(H,39,41)(H,43,50)(H,48,49)/b16-14?,17-15+/t28-,29?,30-,31-/m0/s1. The number of amides is 4. The van der Waals surface area contributed by atoms with Crippen LogP contribution in [-0.2, 0) is 14.3 Å². The van der Waals surface area contributed by atoms with Crippen LogP contribution in [0.15, 0.2) is 36.7 Å². The average molecular weight is 701 g/mol. The van der Waals surface area contributed by atoms with Crippen molar-refractivity contribution in [1.82, 2.24) is 40.4 Å². The van der Waals surface area contributed by atoms with Crippen molar-refractivity contribution in [3.8, 4) is 0 Å². The summed E-state index contributed by atoms with van der Waals surface area (Å²) in [5.41, 5.74) is 3.46. The number of carboxylic acid groups (broad SMARTS) is 1. The van der Waals surface area contributed by atoms with Crippen LogP contribution in [0.2, 0.25) is 0 Å². The Morgan fingerprint density at radius 1 is 0.765 bits per heavy atom. The Kier molecular flexibility index (Phi) is 12.0. The molecule has 0 aliphatic carbocycles. The SMILES string of the molecule is COC(=O)N[C@H](C(=O)N1CCCC1c1nc(/C=C/c2ccc(C=Cc3c[nH]c([C@@H]4CCCN4C(=O)[C@@H](NC(=O)O)C(C)C)n3)cc2)c[nH]1)C(C)C. The number of ether oxygens (including phenoxy) is 1. The number of hydrogen-bond acceptors (Lipinski definition) is 7. The first-order chi connectivity index (χ1) is 24.4. The maximum atomic E-state index is 13.4. The van der Waals surface area contributed by atoms with Crippen LogP contribution in [0.3, 0.4) is 0 Å². The summed E-state index contributed by atoms with van der Waals surface area (Å²) >= 11 is 0. The highest BCUT2D eigenvalue weighted by molar-refractivity contribution is 5.87. The number of rotatable bonds is 12. The first-order valence-corrected chi connectivity index (χ1v) is 17.5. The number of aromatic amines is 2. The molecule has 2 aliphatic heterocycles. The van der Waals surface area contributed by atoms with Gasteiger partial charge in [0.1, 0.15) is 23.7 Å². The number of likely N-dealkylation sites (tertiary alicyclic amines) is 2. The molecular formula is C37H48N8O6. The number of alkyl carbamates (subject to hydrolysis) is 1. The minimum absolute atomic E-state index is 0.102. The second-order valence-corrected chi connectivity index (χ2v) is 13.7. The van der Waals surface area contributed by atoms with E-state index in [2.05, 4.69) is 20.6 Å². The molecule has 14 nitrogen and oxygen atoms in total. The van der Waals surface area contributed by atoms with Gasteiger partial charge < -0.3 is 40.2 Å². The molecule has 2 aliphatic rings. The van der Waals surface area contributed by atoms with Crippen molar-refractivity contribution in [3.63, 3.8) is 0 Å². The average Bonchev–Trinajstić information content (AvgIpc) is 3.93. The Bertz CT molecular complexity index is 1740. The number of nitrogens with one attached hydrogen (secondary N) is 4. The van der Waals surface area contributed by atoms with E-state index >= 15 is 0 Å². The summed E-state index contributed by atoms with van der Waals surface area (Å²) in [6, 6.07) is 6.10. The van der Waals surface area contributed by atoms with Gasteiger partial charge in [0.2, 0.25) is 11.8 Å². The molecule has 5 rings (SSSR count). The normalized spacial score (nSPS) is 19.0. The second-order valence-electron chi connectivity index (χ2n) is 13.7. The molecule has 0 radical (unpaired) electrons. The summed E-state index contributed by atoms with van der Waals surface area (Å²) in [6.07, 6.45) is 12.8. The first kappa shape index (κ1) is 36.9. The topological polar surface area (TPSA) is 186 Å². The number of methoxy groups -OCH3 is 1. The molecular weight excluding hydrogens is 652 g/mol. The van der Waals surface area contributed by atoms with E-state index < -0.39 is 24.3 Å². The lowest BCUT2D eigenvalue weighted by Crippen LogP contribution is -2.51. The molecule has 272 valence electrons. The third-order valence-electron chi connectivity index (χ3n) is 9.37. The van der Waals surface area contributed by atoms with Crippen LogP contribution in [-0.4, -0.2) is 91.1 Å². The van der Waals surface area contributed by atoms with E-state index in [0.717, 1.165) is 48.2 Å². The van der Waals surface area contributed by atoms with Crippen LogP contribution in [0.4, 0.5) is 9.59 Å². The molecule has 1 unspecified atom stereocenters. The number of imidazole rings is 2. The number of aromatic nitrogens is 4. The van der Waals surface area contributed by atoms with Crippen LogP contribution in [0.1, 0.15) is 99.6 Å². The highest BCUT2D eigenvalue weighted by atomic mass is 16.5. The van der Waals surface area contributed by atoms with Crippen molar-refractivity contribution in [2.24, 2.45) is 11.8 Å². The molecule has 51 heavy (non-hydrogen) atoms. The highest BCUT2D eigenvalue weighted by Gasteiger charge is 2.38. The highest BCUT2D eigenvalue weighted by Crippen LogP contribution is 2.33. The van der Waals surface area contributed by atoms with E-state index in [4.69, 9.17) is 14.7 Å². The van der Waals surface area contributed by atoms with Gasteiger partial charge in [0, 0.05) is 25.5 Å². The third-order valence-corrected chi connectivity index (χ3v) is 9.37. The molecule has 0 spiro atoms. The van der Waals surface area contributed by atoms with Gasteiger partial charge in [-0.3, -0.25) is 9.59 Å². The van der Waals surface area contributed by atoms with Gasteiger partial charge in [0.25, 0.3) is 0 Å². The summed E-state index contributed by atoms with van der Waals surface area (Å²) in [7, 11) is 1.28. The zero-order valence-corrected chi connectivity index (χ0v) is 29.8. The van der Waals surface area contributed by atoms with E-state index in [0.29, 0.717) is 24.7 Å². The van der Waals surface area contributed by atoms with Gasteiger partial charge in [-0.05, 0) is 60.8 Å². The minimum Gasteiger partial charge on any atom is -0.465 e. The van der Waals surface area contributed by atoms with Crippen molar-refractivity contribution < 1.29 is 29.0 Å². The quantitative estimate of drug-likeness (QED) is 0.165. The number of H-pyrrole nitrogens is 2. The summed E-state index contributed by atoms with van der Waals surface area (Å²) < 4.78 is 4.73. The zero-order valence-electron chi connectivity index (χ0n) is 29.8. The van der Waals surface area contributed by atoms with Gasteiger partial charge in [-0.2, -0.15) is 0 Å². The van der Waals surface area contributed by atoms with Crippen LogP contribution in [0.25, 0.3) is 24.3 Å². The smallest absolute Gasteiger partial charge is 0.407 e. The summed E-state index contributed by atoms with van der Waals surface area (Å²) in [4.78, 5) is 69.3. The minimum atomic E-state index is -1.21. The van der Waals surface area contributed by atoms with Gasteiger partial charge >= 0.3 is 12.2 Å². The Hall–Kier alpha value is -5.40. The van der Waals surface area contributed by atoms with Crippen LogP contribution >= 0.6 is 0 Å². The monoisotopic (exact) mass is 700 g/mol. The molecule has 4 heterocycles. The molecule has 5 N–H and O–H groups in total. The fourth-order valence-electron chi connectivity index (χ4n) is 6.63. The van der Waals surface area contributed by atoms with Crippen molar-refractivity contribution >= 4 is 48.3 Å². The number of carbonyl (C=O) groups excluding carboxylic acids is 3. The molecule has 2 saturated heterocycles. The zero-order chi connectivity index (χ0) is 36.7. The molecule has 2 fully saturated rings. The van der Waals surface area contributed by atoms with Crippen molar-refractivity contribution in [1.29, 1.82) is 0 Å². The van der Waals surface area contributed by atoms with E-state index in [1.807, 2.05) is 82.5 Å². The first-order valence-electron chi connectivity index (χ1n) is 17.5. The summed E-state index contributed by atoms with van der Waals surface area (Å²) in [5, 5.41) is 14.3. The maximum Gasteiger partial charge on any atom is 0.407 e. The largest absolute Gasteiger partial charge is 0.465 e. The molecule has 0 saturated carbocycles. The van der Waals surface area contributed by atoms with E-state index in [-0.39, 0.29) is 35.7 Å². The van der Waals surface area contributed by atoms with Crippen LogP contribution in [0, 0.1) is 11.8 Å². The van der Waals surface area contributed by atoms with Gasteiger partial charge in [0.15, 0.2) is 0 Å². The fourth-order valence-corrected chi connectivity index (χ4v) is 6.63. The van der Waals surface area contributed by atoms with E-state index in [9.17, 15) is 24.3 Å². The lowest BCUT2D eigenvalue weighted by Gasteiger charge is -2.29. The lowest BCUT2D eigenvalue weighted by molar-refractivity contribution is -0.136. The second kappa shape index (κ2) is 16.5. The van der Waals surface area contributed by atoms with E-state index in [1.165, 1.54) is 7.11 Å². The molecule has 2 aromatic heterocycles. The molecule has 4 amide bonds. The Balaban J connectivity index is 1.18. The van der Waals surface area contributed by atoms with Gasteiger partial charge in [0.05, 0.1) is 30.6 Å².